The van der Waals surface area contributed by atoms with Crippen molar-refractivity contribution in [3.63, 3.8) is 0 Å². The number of carbonyl (C=O) groups is 1. The van der Waals surface area contributed by atoms with Gasteiger partial charge in [0, 0.05) is 11.3 Å². The van der Waals surface area contributed by atoms with E-state index in [4.69, 9.17) is 4.74 Å². The molecule has 0 unspecified atom stereocenters. The molecule has 0 bridgehead atoms. The molecule has 2 N–H and O–H groups in total. The van der Waals surface area contributed by atoms with Crippen LogP contribution in [0.2, 0.25) is 0 Å². The summed E-state index contributed by atoms with van der Waals surface area (Å²) in [5, 5.41) is 2.80. The van der Waals surface area contributed by atoms with E-state index < -0.39 is 12.2 Å². The fourth-order valence-corrected chi connectivity index (χ4v) is 3.29. The number of amides is 1. The summed E-state index contributed by atoms with van der Waals surface area (Å²) in [6.07, 6.45) is 2.18. The lowest BCUT2D eigenvalue weighted by molar-refractivity contribution is 0.102. The van der Waals surface area contributed by atoms with Crippen molar-refractivity contribution in [3.05, 3.63) is 53.9 Å². The summed E-state index contributed by atoms with van der Waals surface area (Å²) < 4.78 is 31.4. The number of hydrogen-bond donors (Lipinski definition) is 2. The topological polar surface area (TPSA) is 67.0 Å². The molecule has 5 nitrogen and oxygen atoms in total. The van der Waals surface area contributed by atoms with Crippen LogP contribution in [0, 0.1) is 0 Å². The molecule has 1 heterocycles. The first-order chi connectivity index (χ1) is 13.1. The number of aromatic amines is 1. The summed E-state index contributed by atoms with van der Waals surface area (Å²) in [6.45, 7) is 0. The lowest BCUT2D eigenvalue weighted by atomic mass is 10.2. The summed E-state index contributed by atoms with van der Waals surface area (Å²) in [6, 6.07) is 11.9. The minimum atomic E-state index is -2.68. The van der Waals surface area contributed by atoms with Gasteiger partial charge < -0.3 is 15.0 Å². The first-order valence-corrected chi connectivity index (χ1v) is 8.94. The Morgan fingerprint density at radius 3 is 2.59 bits per heavy atom. The van der Waals surface area contributed by atoms with E-state index in [-0.39, 0.29) is 12.0 Å². The monoisotopic (exact) mass is 371 g/mol. The highest BCUT2D eigenvalue weighted by Crippen LogP contribution is 2.25. The highest BCUT2D eigenvalue weighted by molar-refractivity contribution is 6.05. The number of ether oxygens (including phenoxy) is 1. The molecule has 0 atom stereocenters. The molecule has 1 aromatic heterocycles. The Morgan fingerprint density at radius 1 is 1.15 bits per heavy atom. The van der Waals surface area contributed by atoms with Gasteiger partial charge in [-0.1, -0.05) is 0 Å². The van der Waals surface area contributed by atoms with Crippen molar-refractivity contribution in [1.82, 2.24) is 9.97 Å². The largest absolute Gasteiger partial charge is 0.490 e. The number of H-pyrrole nitrogens is 1. The fourth-order valence-electron chi connectivity index (χ4n) is 3.29. The molecule has 1 saturated carbocycles. The van der Waals surface area contributed by atoms with E-state index in [0.29, 0.717) is 22.3 Å². The maximum absolute atomic E-state index is 12.7. The Kier molecular flexibility index (Phi) is 4.75. The van der Waals surface area contributed by atoms with E-state index in [2.05, 4.69) is 15.3 Å². The molecule has 1 fully saturated rings. The third-order valence-electron chi connectivity index (χ3n) is 4.69. The van der Waals surface area contributed by atoms with Gasteiger partial charge in [-0.3, -0.25) is 4.79 Å². The third-order valence-corrected chi connectivity index (χ3v) is 4.69. The molecule has 0 spiro atoms. The summed E-state index contributed by atoms with van der Waals surface area (Å²) >= 11 is 0. The molecule has 1 amide bonds. The van der Waals surface area contributed by atoms with Gasteiger partial charge in [0.15, 0.2) is 5.82 Å². The summed E-state index contributed by atoms with van der Waals surface area (Å²) in [7, 11) is 0. The second-order valence-corrected chi connectivity index (χ2v) is 6.66. The second kappa shape index (κ2) is 7.34. The molecule has 4 rings (SSSR count). The minimum Gasteiger partial charge on any atom is -0.490 e. The molecular formula is C20H19F2N3O2. The van der Waals surface area contributed by atoms with Gasteiger partial charge in [0.1, 0.15) is 5.75 Å². The lowest BCUT2D eigenvalue weighted by Gasteiger charge is -2.13. The number of carbonyl (C=O) groups excluding carboxylic acids is 1. The van der Waals surface area contributed by atoms with Gasteiger partial charge in [-0.25, -0.2) is 13.8 Å². The van der Waals surface area contributed by atoms with E-state index in [1.807, 2.05) is 12.1 Å². The first-order valence-electron chi connectivity index (χ1n) is 8.94. The third kappa shape index (κ3) is 3.92. The number of anilines is 1. The summed E-state index contributed by atoms with van der Waals surface area (Å²) in [5.74, 6) is 0.0632. The van der Waals surface area contributed by atoms with Crippen molar-refractivity contribution < 1.29 is 18.3 Å². The van der Waals surface area contributed by atoms with Crippen LogP contribution in [0.15, 0.2) is 42.5 Å². The quantitative estimate of drug-likeness (QED) is 0.658. The number of imidazole rings is 1. The van der Waals surface area contributed by atoms with Gasteiger partial charge in [0.05, 0.1) is 17.1 Å². The van der Waals surface area contributed by atoms with Crippen LogP contribution in [0.5, 0.6) is 5.75 Å². The van der Waals surface area contributed by atoms with Crippen LogP contribution in [0.3, 0.4) is 0 Å². The number of alkyl halides is 2. The Morgan fingerprint density at radius 2 is 1.89 bits per heavy atom. The molecule has 140 valence electrons. The highest BCUT2D eigenvalue weighted by atomic mass is 19.3. The molecule has 0 aliphatic heterocycles. The predicted molar refractivity (Wildman–Crippen MR) is 98.3 cm³/mol. The standard InChI is InChI=1S/C20H19F2N3O2/c21-18(22)19-24-16-10-5-12(11-17(16)25-19)20(26)23-13-6-8-15(9-7-13)27-14-3-1-2-4-14/h5-11,14,18H,1-4H2,(H,23,26)(H,24,25). The Bertz CT molecular complexity index is 948. The number of nitrogens with one attached hydrogen (secondary N) is 2. The average molecular weight is 371 g/mol. The van der Waals surface area contributed by atoms with Gasteiger partial charge in [0.25, 0.3) is 12.3 Å². The van der Waals surface area contributed by atoms with Gasteiger partial charge in [0.2, 0.25) is 0 Å². The molecule has 0 saturated heterocycles. The van der Waals surface area contributed by atoms with Crippen molar-refractivity contribution in [2.24, 2.45) is 0 Å². The lowest BCUT2D eigenvalue weighted by Crippen LogP contribution is -2.12. The van der Waals surface area contributed by atoms with Crippen LogP contribution in [-0.4, -0.2) is 22.0 Å². The molecular weight excluding hydrogens is 352 g/mol. The van der Waals surface area contributed by atoms with Gasteiger partial charge in [-0.15, -0.1) is 0 Å². The molecule has 0 radical (unpaired) electrons. The van der Waals surface area contributed by atoms with Crippen molar-refractivity contribution >= 4 is 22.6 Å². The number of fused-ring (bicyclic) bond motifs is 1. The van der Waals surface area contributed by atoms with Gasteiger partial charge >= 0.3 is 0 Å². The molecule has 2 aromatic carbocycles. The van der Waals surface area contributed by atoms with E-state index in [1.165, 1.54) is 18.9 Å². The van der Waals surface area contributed by atoms with Crippen LogP contribution in [0.1, 0.15) is 48.3 Å². The van der Waals surface area contributed by atoms with Crippen molar-refractivity contribution in [2.45, 2.75) is 38.2 Å². The van der Waals surface area contributed by atoms with E-state index >= 15 is 0 Å². The maximum Gasteiger partial charge on any atom is 0.295 e. The molecule has 27 heavy (non-hydrogen) atoms. The molecule has 7 heteroatoms. The number of benzene rings is 2. The summed E-state index contributed by atoms with van der Waals surface area (Å²) in [5.41, 5.74) is 1.79. The summed E-state index contributed by atoms with van der Waals surface area (Å²) in [4.78, 5) is 18.8. The van der Waals surface area contributed by atoms with Crippen molar-refractivity contribution in [1.29, 1.82) is 0 Å². The van der Waals surface area contributed by atoms with Crippen LogP contribution >= 0.6 is 0 Å². The Labute approximate surface area is 154 Å². The number of rotatable bonds is 5. The zero-order chi connectivity index (χ0) is 18.8. The van der Waals surface area contributed by atoms with Gasteiger partial charge in [-0.2, -0.15) is 0 Å². The minimum absolute atomic E-state index is 0.282. The molecule has 3 aromatic rings. The predicted octanol–water partition coefficient (Wildman–Crippen LogP) is 5.07. The van der Waals surface area contributed by atoms with Crippen LogP contribution < -0.4 is 10.1 Å². The average Bonchev–Trinajstić information content (AvgIpc) is 3.32. The zero-order valence-corrected chi connectivity index (χ0v) is 14.5. The number of halogens is 2. The maximum atomic E-state index is 12.7. The Balaban J connectivity index is 1.44. The highest BCUT2D eigenvalue weighted by Gasteiger charge is 2.17. The van der Waals surface area contributed by atoms with E-state index in [9.17, 15) is 13.6 Å². The molecule has 1 aliphatic carbocycles. The smallest absolute Gasteiger partial charge is 0.295 e. The Hall–Kier alpha value is -2.96. The normalized spacial score (nSPS) is 14.8. The number of nitrogens with zero attached hydrogens (tertiary/aromatic N) is 1. The van der Waals surface area contributed by atoms with Crippen LogP contribution in [-0.2, 0) is 0 Å². The van der Waals surface area contributed by atoms with Crippen LogP contribution in [0.25, 0.3) is 11.0 Å². The first kappa shape index (κ1) is 17.5. The van der Waals surface area contributed by atoms with E-state index in [1.54, 1.807) is 24.3 Å². The number of hydrogen-bond acceptors (Lipinski definition) is 3. The second-order valence-electron chi connectivity index (χ2n) is 6.66. The van der Waals surface area contributed by atoms with Crippen molar-refractivity contribution in [2.75, 3.05) is 5.32 Å². The fraction of sp³-hybridized carbons (Fsp3) is 0.300. The van der Waals surface area contributed by atoms with E-state index in [0.717, 1.165) is 18.6 Å². The molecule has 1 aliphatic rings. The van der Waals surface area contributed by atoms with Gasteiger partial charge in [-0.05, 0) is 68.1 Å². The SMILES string of the molecule is O=C(Nc1ccc(OC2CCCC2)cc1)c1ccc2nc(C(F)F)[nH]c2c1. The van der Waals surface area contributed by atoms with Crippen molar-refractivity contribution in [3.8, 4) is 5.75 Å². The zero-order valence-electron chi connectivity index (χ0n) is 14.5. The number of aromatic nitrogens is 2. The van der Waals surface area contributed by atoms with Crippen LogP contribution in [0.4, 0.5) is 14.5 Å².